The molecule has 0 saturated heterocycles. The molecule has 1 amide bonds. The summed E-state index contributed by atoms with van der Waals surface area (Å²) in [6.07, 6.45) is 1.63. The second-order valence-corrected chi connectivity index (χ2v) is 4.51. The van der Waals surface area contributed by atoms with Crippen LogP contribution in [-0.2, 0) is 0 Å². The van der Waals surface area contributed by atoms with Crippen LogP contribution in [0, 0.1) is 12.8 Å². The van der Waals surface area contributed by atoms with E-state index >= 15 is 0 Å². The molecule has 0 unspecified atom stereocenters. The van der Waals surface area contributed by atoms with Crippen molar-refractivity contribution in [3.8, 4) is 0 Å². The lowest BCUT2D eigenvalue weighted by Gasteiger charge is -2.12. The molecule has 94 valence electrons. The Morgan fingerprint density at radius 2 is 2.18 bits per heavy atom. The maximum absolute atomic E-state index is 12.0. The summed E-state index contributed by atoms with van der Waals surface area (Å²) in [5, 5.41) is 6.08. The predicted octanol–water partition coefficient (Wildman–Crippen LogP) is 2.21. The molecule has 0 atom stereocenters. The Hall–Kier alpha value is -1.58. The smallest absolute Gasteiger partial charge is 0.254 e. The Bertz CT molecular complexity index is 388. The molecule has 17 heavy (non-hydrogen) atoms. The maximum atomic E-state index is 12.0. The molecule has 1 heterocycles. The van der Waals surface area contributed by atoms with E-state index in [0.717, 1.165) is 17.9 Å². The molecule has 2 N–H and O–H groups in total. The summed E-state index contributed by atoms with van der Waals surface area (Å²) < 4.78 is 0. The van der Waals surface area contributed by atoms with E-state index in [4.69, 9.17) is 0 Å². The van der Waals surface area contributed by atoms with Crippen molar-refractivity contribution in [2.24, 2.45) is 5.92 Å². The summed E-state index contributed by atoms with van der Waals surface area (Å²) in [7, 11) is 0. The summed E-state index contributed by atoms with van der Waals surface area (Å²) in [5.74, 6) is 0.377. The van der Waals surface area contributed by atoms with E-state index in [1.807, 2.05) is 19.9 Å². The van der Waals surface area contributed by atoms with Gasteiger partial charge in [-0.2, -0.15) is 0 Å². The molecule has 0 radical (unpaired) electrons. The highest BCUT2D eigenvalue weighted by molar-refractivity contribution is 5.99. The third-order valence-electron chi connectivity index (χ3n) is 2.32. The van der Waals surface area contributed by atoms with Crippen LogP contribution in [0.15, 0.2) is 12.3 Å². The molecule has 0 aliphatic carbocycles. The van der Waals surface area contributed by atoms with E-state index in [0.29, 0.717) is 18.0 Å². The Morgan fingerprint density at radius 3 is 2.76 bits per heavy atom. The van der Waals surface area contributed by atoms with Gasteiger partial charge in [-0.3, -0.25) is 9.78 Å². The molecular weight excluding hydrogens is 214 g/mol. The Kier molecular flexibility index (Phi) is 4.94. The van der Waals surface area contributed by atoms with Crippen LogP contribution in [0.25, 0.3) is 0 Å². The Balaban J connectivity index is 2.84. The van der Waals surface area contributed by atoms with Gasteiger partial charge in [-0.25, -0.2) is 0 Å². The Labute approximate surface area is 103 Å². The number of nitrogens with zero attached hydrogens (tertiary/aromatic N) is 1. The third-order valence-corrected chi connectivity index (χ3v) is 2.32. The standard InChI is InChI=1S/C13H21N3O/c1-5-14-12-6-10(4)15-8-11(12)13(17)16-7-9(2)3/h6,8-9H,5,7H2,1-4H3,(H,14,15)(H,16,17). The quantitative estimate of drug-likeness (QED) is 0.822. The van der Waals surface area contributed by atoms with Gasteiger partial charge >= 0.3 is 0 Å². The summed E-state index contributed by atoms with van der Waals surface area (Å²) in [6, 6.07) is 1.90. The maximum Gasteiger partial charge on any atom is 0.254 e. The largest absolute Gasteiger partial charge is 0.385 e. The predicted molar refractivity (Wildman–Crippen MR) is 70.3 cm³/mol. The first-order valence-electron chi connectivity index (χ1n) is 6.03. The molecule has 0 fully saturated rings. The van der Waals surface area contributed by atoms with Crippen molar-refractivity contribution in [3.63, 3.8) is 0 Å². The van der Waals surface area contributed by atoms with Crippen molar-refractivity contribution in [1.82, 2.24) is 10.3 Å². The molecule has 4 nitrogen and oxygen atoms in total. The van der Waals surface area contributed by atoms with Crippen molar-refractivity contribution in [2.75, 3.05) is 18.4 Å². The first-order chi connectivity index (χ1) is 8.04. The number of hydrogen-bond acceptors (Lipinski definition) is 3. The van der Waals surface area contributed by atoms with Crippen LogP contribution >= 0.6 is 0 Å². The van der Waals surface area contributed by atoms with E-state index in [1.54, 1.807) is 6.20 Å². The monoisotopic (exact) mass is 235 g/mol. The number of nitrogens with one attached hydrogen (secondary N) is 2. The van der Waals surface area contributed by atoms with E-state index in [9.17, 15) is 4.79 Å². The van der Waals surface area contributed by atoms with Crippen molar-refractivity contribution in [1.29, 1.82) is 0 Å². The minimum absolute atomic E-state index is 0.0675. The average molecular weight is 235 g/mol. The van der Waals surface area contributed by atoms with Crippen LogP contribution in [0.5, 0.6) is 0 Å². The molecule has 0 aliphatic rings. The van der Waals surface area contributed by atoms with Crippen LogP contribution in [0.2, 0.25) is 0 Å². The van der Waals surface area contributed by atoms with Crippen LogP contribution in [0.3, 0.4) is 0 Å². The number of carbonyl (C=O) groups excluding carboxylic acids is 1. The summed E-state index contributed by atoms with van der Waals surface area (Å²) in [4.78, 5) is 16.1. The van der Waals surface area contributed by atoms with Gasteiger partial charge < -0.3 is 10.6 Å². The van der Waals surface area contributed by atoms with E-state index in [1.165, 1.54) is 0 Å². The lowest BCUT2D eigenvalue weighted by atomic mass is 10.1. The van der Waals surface area contributed by atoms with Crippen LogP contribution in [0.1, 0.15) is 36.8 Å². The van der Waals surface area contributed by atoms with E-state index in [-0.39, 0.29) is 5.91 Å². The van der Waals surface area contributed by atoms with Gasteiger partial charge in [-0.15, -0.1) is 0 Å². The molecule has 0 bridgehead atoms. The number of aryl methyl sites for hydroxylation is 1. The van der Waals surface area contributed by atoms with Crippen LogP contribution in [0.4, 0.5) is 5.69 Å². The number of pyridine rings is 1. The second-order valence-electron chi connectivity index (χ2n) is 4.51. The topological polar surface area (TPSA) is 54.0 Å². The molecule has 0 aliphatic heterocycles. The van der Waals surface area contributed by atoms with Crippen LogP contribution < -0.4 is 10.6 Å². The van der Waals surface area contributed by atoms with Crippen LogP contribution in [-0.4, -0.2) is 24.0 Å². The lowest BCUT2D eigenvalue weighted by Crippen LogP contribution is -2.28. The fraction of sp³-hybridized carbons (Fsp3) is 0.538. The highest BCUT2D eigenvalue weighted by Crippen LogP contribution is 2.15. The zero-order valence-corrected chi connectivity index (χ0v) is 11.0. The van der Waals surface area contributed by atoms with Crippen molar-refractivity contribution in [3.05, 3.63) is 23.5 Å². The van der Waals surface area contributed by atoms with Gasteiger partial charge in [0.25, 0.3) is 5.91 Å². The number of rotatable bonds is 5. The van der Waals surface area contributed by atoms with Gasteiger partial charge in [0.1, 0.15) is 0 Å². The van der Waals surface area contributed by atoms with Crippen molar-refractivity contribution in [2.45, 2.75) is 27.7 Å². The summed E-state index contributed by atoms with van der Waals surface area (Å²) >= 11 is 0. The van der Waals surface area contributed by atoms with Gasteiger partial charge in [0.15, 0.2) is 0 Å². The summed E-state index contributed by atoms with van der Waals surface area (Å²) in [5.41, 5.74) is 2.36. The average Bonchev–Trinajstić information content (AvgIpc) is 2.26. The highest BCUT2D eigenvalue weighted by Gasteiger charge is 2.11. The number of amides is 1. The summed E-state index contributed by atoms with van der Waals surface area (Å²) in [6.45, 7) is 9.52. The normalized spacial score (nSPS) is 10.4. The van der Waals surface area contributed by atoms with E-state index in [2.05, 4.69) is 29.5 Å². The third kappa shape index (κ3) is 4.06. The highest BCUT2D eigenvalue weighted by atomic mass is 16.1. The molecule has 0 spiro atoms. The van der Waals surface area contributed by atoms with Gasteiger partial charge in [0, 0.05) is 25.0 Å². The Morgan fingerprint density at radius 1 is 1.47 bits per heavy atom. The molecular formula is C13H21N3O. The number of hydrogen-bond donors (Lipinski definition) is 2. The zero-order chi connectivity index (χ0) is 12.8. The molecule has 0 aromatic carbocycles. The fourth-order valence-corrected chi connectivity index (χ4v) is 1.47. The number of anilines is 1. The molecule has 1 aromatic rings. The second kappa shape index (κ2) is 6.23. The first-order valence-corrected chi connectivity index (χ1v) is 6.03. The number of carbonyl (C=O) groups is 1. The van der Waals surface area contributed by atoms with Crippen molar-refractivity contribution < 1.29 is 4.79 Å². The van der Waals surface area contributed by atoms with Crippen molar-refractivity contribution >= 4 is 11.6 Å². The van der Waals surface area contributed by atoms with E-state index < -0.39 is 0 Å². The van der Waals surface area contributed by atoms with Gasteiger partial charge in [0.05, 0.1) is 11.3 Å². The zero-order valence-electron chi connectivity index (χ0n) is 11.0. The molecule has 1 aromatic heterocycles. The molecule has 0 saturated carbocycles. The molecule has 4 heteroatoms. The lowest BCUT2D eigenvalue weighted by molar-refractivity contribution is 0.0949. The SMILES string of the molecule is CCNc1cc(C)ncc1C(=O)NCC(C)C. The van der Waals surface area contributed by atoms with Gasteiger partial charge in [-0.1, -0.05) is 13.8 Å². The first kappa shape index (κ1) is 13.5. The van der Waals surface area contributed by atoms with Gasteiger partial charge in [-0.05, 0) is 25.8 Å². The molecule has 1 rings (SSSR count). The number of aromatic nitrogens is 1. The fourth-order valence-electron chi connectivity index (χ4n) is 1.47. The minimum Gasteiger partial charge on any atom is -0.385 e. The minimum atomic E-state index is -0.0675. The van der Waals surface area contributed by atoms with Gasteiger partial charge in [0.2, 0.25) is 0 Å².